The summed E-state index contributed by atoms with van der Waals surface area (Å²) < 4.78 is 0. The van der Waals surface area contributed by atoms with Gasteiger partial charge in [0.25, 0.3) is 0 Å². The first-order valence-corrected chi connectivity index (χ1v) is 8.98. The van der Waals surface area contributed by atoms with Crippen LogP contribution < -0.4 is 5.73 Å². The molecule has 2 saturated carbocycles. The molecule has 0 bridgehead atoms. The average Bonchev–Trinajstić information content (AvgIpc) is 2.46. The van der Waals surface area contributed by atoms with Gasteiger partial charge in [0, 0.05) is 5.54 Å². The zero-order chi connectivity index (χ0) is 13.7. The van der Waals surface area contributed by atoms with Gasteiger partial charge < -0.3 is 5.73 Å². The van der Waals surface area contributed by atoms with Crippen LogP contribution in [0.3, 0.4) is 0 Å². The van der Waals surface area contributed by atoms with Crippen molar-refractivity contribution >= 4 is 0 Å². The third-order valence-electron chi connectivity index (χ3n) is 6.19. The summed E-state index contributed by atoms with van der Waals surface area (Å²) in [6.07, 6.45) is 16.8. The largest absolute Gasteiger partial charge is 0.325 e. The highest BCUT2D eigenvalue weighted by Crippen LogP contribution is 2.45. The number of nitrogens with two attached hydrogens (primary N) is 1. The van der Waals surface area contributed by atoms with E-state index in [1.165, 1.54) is 77.0 Å². The quantitative estimate of drug-likeness (QED) is 0.719. The van der Waals surface area contributed by atoms with Gasteiger partial charge in [-0.1, -0.05) is 71.6 Å². The monoisotopic (exact) mass is 265 g/mol. The van der Waals surface area contributed by atoms with Crippen molar-refractivity contribution in [2.45, 2.75) is 96.4 Å². The van der Waals surface area contributed by atoms with Gasteiger partial charge in [-0.15, -0.1) is 0 Å². The van der Waals surface area contributed by atoms with Crippen molar-refractivity contribution in [3.63, 3.8) is 0 Å². The molecule has 0 saturated heterocycles. The molecule has 2 unspecified atom stereocenters. The molecule has 0 aromatic carbocycles. The van der Waals surface area contributed by atoms with E-state index in [4.69, 9.17) is 5.73 Å². The van der Waals surface area contributed by atoms with Crippen LogP contribution in [0.1, 0.15) is 90.9 Å². The zero-order valence-corrected chi connectivity index (χ0v) is 13.3. The highest BCUT2D eigenvalue weighted by molar-refractivity contribution is 4.98. The lowest BCUT2D eigenvalue weighted by Gasteiger charge is -2.48. The van der Waals surface area contributed by atoms with Crippen molar-refractivity contribution < 1.29 is 0 Å². The minimum absolute atomic E-state index is 0.178. The molecule has 0 aliphatic heterocycles. The summed E-state index contributed by atoms with van der Waals surface area (Å²) in [5.41, 5.74) is 7.16. The smallest absolute Gasteiger partial charge is 0.0188 e. The molecule has 2 rings (SSSR count). The lowest BCUT2D eigenvalue weighted by atomic mass is 9.61. The molecular weight excluding hydrogens is 230 g/mol. The highest BCUT2D eigenvalue weighted by Gasteiger charge is 2.42. The second-order valence-electron chi connectivity index (χ2n) is 7.37. The molecule has 2 atom stereocenters. The van der Waals surface area contributed by atoms with Crippen LogP contribution in [-0.4, -0.2) is 5.54 Å². The summed E-state index contributed by atoms with van der Waals surface area (Å²) in [6, 6.07) is 0. The van der Waals surface area contributed by atoms with Crippen LogP contribution in [0, 0.1) is 17.8 Å². The van der Waals surface area contributed by atoms with Crippen LogP contribution in [0.15, 0.2) is 0 Å². The fraction of sp³-hybridized carbons (Fsp3) is 1.00. The molecule has 19 heavy (non-hydrogen) atoms. The van der Waals surface area contributed by atoms with Gasteiger partial charge >= 0.3 is 0 Å². The summed E-state index contributed by atoms with van der Waals surface area (Å²) in [7, 11) is 0. The van der Waals surface area contributed by atoms with Gasteiger partial charge in [-0.3, -0.25) is 0 Å². The second-order valence-corrected chi connectivity index (χ2v) is 7.37. The molecule has 112 valence electrons. The van der Waals surface area contributed by atoms with Gasteiger partial charge in [0.2, 0.25) is 0 Å². The first-order valence-electron chi connectivity index (χ1n) is 8.98. The van der Waals surface area contributed by atoms with Gasteiger partial charge in [0.15, 0.2) is 0 Å². The minimum atomic E-state index is 0.178. The Bertz CT molecular complexity index is 252. The SMILES string of the molecule is CCC(CC)CC1(N)CCCCC1C1CCCCC1. The van der Waals surface area contributed by atoms with E-state index < -0.39 is 0 Å². The first kappa shape index (κ1) is 15.4. The topological polar surface area (TPSA) is 26.0 Å². The van der Waals surface area contributed by atoms with Gasteiger partial charge in [-0.2, -0.15) is 0 Å². The number of rotatable bonds is 5. The van der Waals surface area contributed by atoms with E-state index in [1.54, 1.807) is 0 Å². The molecular formula is C18H35N. The minimum Gasteiger partial charge on any atom is -0.325 e. The molecule has 2 N–H and O–H groups in total. The van der Waals surface area contributed by atoms with Crippen LogP contribution in [0.5, 0.6) is 0 Å². The lowest BCUT2D eigenvalue weighted by Crippen LogP contribution is -2.53. The molecule has 0 amide bonds. The van der Waals surface area contributed by atoms with Gasteiger partial charge in [0.1, 0.15) is 0 Å². The van der Waals surface area contributed by atoms with Gasteiger partial charge in [0.05, 0.1) is 0 Å². The van der Waals surface area contributed by atoms with Crippen LogP contribution >= 0.6 is 0 Å². The fourth-order valence-corrected chi connectivity index (χ4v) is 4.90. The van der Waals surface area contributed by atoms with Crippen molar-refractivity contribution in [3.8, 4) is 0 Å². The molecule has 2 aliphatic carbocycles. The molecule has 2 fully saturated rings. The van der Waals surface area contributed by atoms with E-state index in [-0.39, 0.29) is 5.54 Å². The lowest BCUT2D eigenvalue weighted by molar-refractivity contribution is 0.0782. The predicted octanol–water partition coefficient (Wildman–Crippen LogP) is 5.28. The van der Waals surface area contributed by atoms with Crippen molar-refractivity contribution in [2.24, 2.45) is 23.5 Å². The molecule has 1 nitrogen and oxygen atoms in total. The van der Waals surface area contributed by atoms with Crippen LogP contribution in [0.4, 0.5) is 0 Å². The van der Waals surface area contributed by atoms with E-state index in [0.29, 0.717) is 0 Å². The maximum atomic E-state index is 6.99. The third kappa shape index (κ3) is 3.74. The van der Waals surface area contributed by atoms with E-state index in [0.717, 1.165) is 17.8 Å². The molecule has 0 spiro atoms. The number of hydrogen-bond acceptors (Lipinski definition) is 1. The highest BCUT2D eigenvalue weighted by atomic mass is 14.8. The maximum absolute atomic E-state index is 6.99. The first-order chi connectivity index (χ1) is 9.19. The molecule has 0 heterocycles. The van der Waals surface area contributed by atoms with Gasteiger partial charge in [-0.25, -0.2) is 0 Å². The van der Waals surface area contributed by atoms with Crippen LogP contribution in [0.2, 0.25) is 0 Å². The van der Waals surface area contributed by atoms with E-state index in [1.807, 2.05) is 0 Å². The van der Waals surface area contributed by atoms with E-state index >= 15 is 0 Å². The van der Waals surface area contributed by atoms with Crippen molar-refractivity contribution in [2.75, 3.05) is 0 Å². The van der Waals surface area contributed by atoms with E-state index in [2.05, 4.69) is 13.8 Å². The Labute approximate surface area is 120 Å². The summed E-state index contributed by atoms with van der Waals surface area (Å²) in [6.45, 7) is 4.69. The maximum Gasteiger partial charge on any atom is 0.0188 e. The van der Waals surface area contributed by atoms with Crippen molar-refractivity contribution in [3.05, 3.63) is 0 Å². The average molecular weight is 265 g/mol. The fourth-order valence-electron chi connectivity index (χ4n) is 4.90. The Morgan fingerprint density at radius 1 is 0.947 bits per heavy atom. The molecule has 1 heteroatoms. The molecule has 0 aromatic heterocycles. The van der Waals surface area contributed by atoms with Crippen molar-refractivity contribution in [1.82, 2.24) is 0 Å². The van der Waals surface area contributed by atoms with Crippen LogP contribution in [0.25, 0.3) is 0 Å². The summed E-state index contributed by atoms with van der Waals surface area (Å²) in [5, 5.41) is 0. The van der Waals surface area contributed by atoms with Crippen LogP contribution in [-0.2, 0) is 0 Å². The molecule has 0 radical (unpaired) electrons. The van der Waals surface area contributed by atoms with E-state index in [9.17, 15) is 0 Å². The normalized spacial score (nSPS) is 33.8. The Hall–Kier alpha value is -0.0400. The van der Waals surface area contributed by atoms with Gasteiger partial charge in [-0.05, 0) is 37.0 Å². The Kier molecular flexibility index (Phi) is 5.74. The predicted molar refractivity (Wildman–Crippen MR) is 84.1 cm³/mol. The Morgan fingerprint density at radius 2 is 1.58 bits per heavy atom. The standard InChI is InChI=1S/C18H35N/c1-3-15(4-2)14-18(19)13-9-8-12-17(18)16-10-6-5-7-11-16/h15-17H,3-14,19H2,1-2H3. The molecule has 0 aromatic rings. The summed E-state index contributed by atoms with van der Waals surface area (Å²) >= 11 is 0. The summed E-state index contributed by atoms with van der Waals surface area (Å²) in [4.78, 5) is 0. The molecule has 2 aliphatic rings. The Morgan fingerprint density at radius 3 is 2.21 bits per heavy atom. The van der Waals surface area contributed by atoms with Crippen molar-refractivity contribution in [1.29, 1.82) is 0 Å². The number of hydrogen-bond donors (Lipinski definition) is 1. The Balaban J connectivity index is 2.04. The third-order valence-corrected chi connectivity index (χ3v) is 6.19. The second kappa shape index (κ2) is 7.11. The summed E-state index contributed by atoms with van der Waals surface area (Å²) in [5.74, 6) is 2.64. The zero-order valence-electron chi connectivity index (χ0n) is 13.3.